The molecule has 0 aliphatic heterocycles. The van der Waals surface area contributed by atoms with Crippen LogP contribution in [-0.4, -0.2) is 174 Å². The normalized spacial score (nSPS) is 10.7. The van der Waals surface area contributed by atoms with E-state index < -0.39 is 5.82 Å². The first-order valence-electron chi connectivity index (χ1n) is 40.7. The molecule has 6 N–H and O–H groups in total. The van der Waals surface area contributed by atoms with Gasteiger partial charge in [-0.3, -0.25) is 32.9 Å². The molecule has 658 valence electrons. The number of aromatic nitrogens is 17. The Hall–Kier alpha value is -17.3. The number of hydrogen-bond donors (Lipinski definition) is 6. The van der Waals surface area contributed by atoms with Gasteiger partial charge >= 0.3 is 0 Å². The summed E-state index contributed by atoms with van der Waals surface area (Å²) in [5, 5.41) is 26.7. The van der Waals surface area contributed by atoms with E-state index in [1.54, 1.807) is 93.8 Å². The molecular formula is C96H86FN23O11. The molecule has 0 unspecified atom stereocenters. The van der Waals surface area contributed by atoms with E-state index in [0.29, 0.717) is 132 Å². The minimum atomic E-state index is -0.605. The molecular weight excluding hydrogens is 1670 g/mol. The second-order valence-electron chi connectivity index (χ2n) is 28.3. The maximum absolute atomic E-state index is 14.7. The fourth-order valence-electron chi connectivity index (χ4n) is 12.8. The molecule has 0 radical (unpaired) electrons. The zero-order valence-corrected chi connectivity index (χ0v) is 71.1. The topological polar surface area (TPSA) is 404 Å². The molecule has 0 spiro atoms. The Morgan fingerprint density at radius 1 is 0.427 bits per heavy atom. The maximum atomic E-state index is 14.7. The molecule has 34 nitrogen and oxygen atoms in total. The van der Waals surface area contributed by atoms with Crippen LogP contribution in [0.4, 0.5) is 44.7 Å². The number of nitrogens with one attached hydrogen (secondary N) is 6. The lowest BCUT2D eigenvalue weighted by Crippen LogP contribution is -2.09. The van der Waals surface area contributed by atoms with Crippen LogP contribution in [0.1, 0.15) is 28.3 Å². The summed E-state index contributed by atoms with van der Waals surface area (Å²) in [5.74, 6) is 4.43. The molecule has 0 aliphatic rings. The molecule has 9 aromatic carbocycles. The number of Topliss-reactive ketones (excluding diaryl/α,β-unsaturated/α-hetero) is 1. The van der Waals surface area contributed by atoms with Crippen molar-refractivity contribution in [3.63, 3.8) is 0 Å². The van der Waals surface area contributed by atoms with Crippen molar-refractivity contribution in [1.29, 1.82) is 5.41 Å². The Bertz CT molecular complexity index is 6860. The average Bonchev–Trinajstić information content (AvgIpc) is 1.65. The second-order valence-corrected chi connectivity index (χ2v) is 28.3. The summed E-state index contributed by atoms with van der Waals surface area (Å²) in [4.78, 5) is 99.5. The van der Waals surface area contributed by atoms with Gasteiger partial charge in [-0.25, -0.2) is 53.9 Å². The Morgan fingerprint density at radius 3 is 1.45 bits per heavy atom. The molecule has 0 atom stereocenters. The summed E-state index contributed by atoms with van der Waals surface area (Å²) < 4.78 is 59.0. The fourth-order valence-corrected chi connectivity index (χ4v) is 12.8. The first-order valence-corrected chi connectivity index (χ1v) is 40.7. The highest BCUT2D eigenvalue weighted by atomic mass is 19.1. The second kappa shape index (κ2) is 44.5. The van der Waals surface area contributed by atoms with E-state index in [2.05, 4.69) is 111 Å². The van der Waals surface area contributed by atoms with Gasteiger partial charge in [-0.15, -0.1) is 0 Å². The number of rotatable bonds is 35. The van der Waals surface area contributed by atoms with E-state index in [1.807, 2.05) is 191 Å². The summed E-state index contributed by atoms with van der Waals surface area (Å²) in [6.45, 7) is 13.5. The summed E-state index contributed by atoms with van der Waals surface area (Å²) in [6, 6.07) is 65.5. The van der Waals surface area contributed by atoms with Gasteiger partial charge < -0.3 is 65.2 Å². The van der Waals surface area contributed by atoms with Crippen molar-refractivity contribution >= 4 is 114 Å². The van der Waals surface area contributed by atoms with Gasteiger partial charge in [0.05, 0.1) is 84.4 Å². The molecule has 17 rings (SSSR count). The van der Waals surface area contributed by atoms with Crippen molar-refractivity contribution in [2.24, 2.45) is 0 Å². The van der Waals surface area contributed by atoms with Crippen molar-refractivity contribution in [2.45, 2.75) is 19.3 Å². The molecule has 35 heteroatoms. The lowest BCUT2D eigenvalue weighted by molar-refractivity contribution is -0.112. The molecule has 3 amide bonds. The lowest BCUT2D eigenvalue weighted by atomic mass is 10.1. The average molecular weight is 1760 g/mol. The zero-order chi connectivity index (χ0) is 91.2. The van der Waals surface area contributed by atoms with Crippen LogP contribution in [0.25, 0.3) is 67.4 Å². The van der Waals surface area contributed by atoms with Crippen LogP contribution in [0.5, 0.6) is 28.7 Å². The highest BCUT2D eigenvalue weighted by Crippen LogP contribution is 2.31. The summed E-state index contributed by atoms with van der Waals surface area (Å²) in [6.07, 6.45) is 18.1. The molecule has 0 fully saturated rings. The minimum Gasteiger partial charge on any atom is -0.491 e. The van der Waals surface area contributed by atoms with Gasteiger partial charge in [0.15, 0.2) is 28.7 Å². The number of benzene rings is 9. The molecule has 8 aromatic heterocycles. The predicted molar refractivity (Wildman–Crippen MR) is 495 cm³/mol. The van der Waals surface area contributed by atoms with E-state index in [9.17, 15) is 23.6 Å². The van der Waals surface area contributed by atoms with Crippen molar-refractivity contribution in [2.75, 3.05) is 87.6 Å². The van der Waals surface area contributed by atoms with Gasteiger partial charge in [-0.2, -0.15) is 20.1 Å². The highest BCUT2D eigenvalue weighted by molar-refractivity contribution is 6.26. The number of para-hydroxylation sites is 1. The van der Waals surface area contributed by atoms with Gasteiger partial charge in [-0.1, -0.05) is 86.5 Å². The van der Waals surface area contributed by atoms with E-state index in [-0.39, 0.29) is 35.7 Å². The van der Waals surface area contributed by atoms with Crippen LogP contribution in [-0.2, 0) is 52.7 Å². The molecule has 17 aromatic rings. The number of anilines is 7. The third-order valence-electron chi connectivity index (χ3n) is 19.2. The number of halogens is 1. The van der Waals surface area contributed by atoms with Gasteiger partial charge in [0, 0.05) is 68.7 Å². The van der Waals surface area contributed by atoms with Gasteiger partial charge in [0.2, 0.25) is 35.6 Å². The standard InChI is InChI=1S/C26H20N6O2.C24H22FN5O3.2C23H22N6O3/c1-2-24(33)29-19-7-6-8-20(15-19)32-17-28-23-16-27-26(31-25(23)32)30-18-11-13-22(14-12-18)34-21-9-4-3-5-10-21;1-3-23(31)28-20-5-4-6-21-18(20)14-27-30(21)24-19(25)15-26-22(29-24)13-16-7-9-17(10-8-16)33-12-11-32-2;1-31-8-9-32-19-5-2-16(3-6-19)12-22-25-14-26-23(28-22)29-15-27-20-7-4-17(11-21(20)29)10-18(30)13-24;1-3-21(30)26-17-5-4-6-18(13-17)29-15-25-20-14-24-23(28-22(20)29)27-16-7-9-19(10-8-16)32-12-11-31-2/h2-17H,1H2,(H,29,33)(H,27,30,31);3-10,14-15H,1,11-13H2,2H3,(H,28,31);2-7,11,13-15,24H,8-10,12H2,1H3;3-10,13-15H,1,11-12H2,2H3,(H,26,30)(H,24,27,28). The Kier molecular flexibility index (Phi) is 30.6. The number of ether oxygens (including phenoxy) is 7. The van der Waals surface area contributed by atoms with Crippen molar-refractivity contribution in [3.8, 4) is 51.9 Å². The van der Waals surface area contributed by atoms with Crippen LogP contribution < -0.4 is 45.5 Å². The van der Waals surface area contributed by atoms with Gasteiger partial charge in [0.1, 0.15) is 96.6 Å². The number of fused-ring (bicyclic) bond motifs is 4. The molecule has 8 heterocycles. The summed E-state index contributed by atoms with van der Waals surface area (Å²) >= 11 is 0. The molecule has 0 saturated heterocycles. The first-order chi connectivity index (χ1) is 64.1. The van der Waals surface area contributed by atoms with Gasteiger partial charge in [0.25, 0.3) is 0 Å². The highest BCUT2D eigenvalue weighted by Gasteiger charge is 2.19. The van der Waals surface area contributed by atoms with Crippen LogP contribution in [0.3, 0.4) is 0 Å². The van der Waals surface area contributed by atoms with E-state index in [4.69, 9.17) is 38.6 Å². The van der Waals surface area contributed by atoms with Gasteiger partial charge in [-0.05, 0) is 181 Å². The number of imidazole rings is 3. The number of hydrogen-bond acceptors (Lipinski definition) is 27. The van der Waals surface area contributed by atoms with E-state index in [1.165, 1.54) is 29.2 Å². The number of ketones is 1. The van der Waals surface area contributed by atoms with E-state index >= 15 is 0 Å². The summed E-state index contributed by atoms with van der Waals surface area (Å²) in [5.41, 5.74) is 12.6. The third-order valence-corrected chi connectivity index (χ3v) is 19.2. The number of amides is 3. The minimum absolute atomic E-state index is 0.0294. The maximum Gasteiger partial charge on any atom is 0.247 e. The monoisotopic (exact) mass is 1760 g/mol. The molecule has 131 heavy (non-hydrogen) atoms. The smallest absolute Gasteiger partial charge is 0.247 e. The number of methoxy groups -OCH3 is 3. The summed E-state index contributed by atoms with van der Waals surface area (Å²) in [7, 11) is 4.89. The van der Waals surface area contributed by atoms with Crippen LogP contribution in [0.15, 0.2) is 300 Å². The number of carbonyl (C=O) groups is 4. The number of carbonyl (C=O) groups excluding carboxylic acids is 4. The van der Waals surface area contributed by atoms with Crippen molar-refractivity contribution in [3.05, 3.63) is 335 Å². The third kappa shape index (κ3) is 24.4. The Labute approximate surface area is 749 Å². The lowest BCUT2D eigenvalue weighted by Gasteiger charge is -2.09. The largest absolute Gasteiger partial charge is 0.491 e. The van der Waals surface area contributed by atoms with Crippen molar-refractivity contribution in [1.82, 2.24) is 83.3 Å². The van der Waals surface area contributed by atoms with Crippen molar-refractivity contribution < 1.29 is 56.7 Å². The number of nitrogens with zero attached hydrogens (tertiary/aromatic N) is 17. The van der Waals surface area contributed by atoms with Crippen LogP contribution >= 0.6 is 0 Å². The Balaban J connectivity index is 0.000000141. The molecule has 0 bridgehead atoms. The van der Waals surface area contributed by atoms with E-state index in [0.717, 1.165) is 91.6 Å². The zero-order valence-electron chi connectivity index (χ0n) is 71.1. The molecule has 0 aliphatic carbocycles. The predicted octanol–water partition coefficient (Wildman–Crippen LogP) is 15.5. The first kappa shape index (κ1) is 90.0. The van der Waals surface area contributed by atoms with Crippen LogP contribution in [0, 0.1) is 11.2 Å². The molecule has 0 saturated carbocycles. The van der Waals surface area contributed by atoms with Crippen LogP contribution in [0.2, 0.25) is 0 Å². The SMILES string of the molecule is C=CC(=O)Nc1cccc(-n2cnc3cnc(Nc4ccc(OCCOC)cc4)nc32)c1.C=CC(=O)Nc1cccc(-n2cnc3cnc(Nc4ccc(Oc5ccccc5)cc4)nc32)c1.C=CC(=O)Nc1cccc2c1cnn2-c1nc(Cc2ccc(OCCOC)cc2)ncc1F.COCCOc1ccc(Cc2ncnc(-n3cnc4ccc(CC(=O)C=N)cc43)n2)cc1. The Morgan fingerprint density at radius 2 is 0.916 bits per heavy atom. The quantitative estimate of drug-likeness (QED) is 0.0122. The fraction of sp³-hybridized carbons (Fsp3) is 0.125.